The number of aromatic nitrogens is 4. The molecule has 0 spiro atoms. The predicted molar refractivity (Wildman–Crippen MR) is 66.7 cm³/mol. The third-order valence-corrected chi connectivity index (χ3v) is 3.10. The first kappa shape index (κ1) is 10.1. The number of benzene rings is 1. The SMILES string of the molecule is Cn1cnnc1CCc1c[nH]c2ccccc12. The summed E-state index contributed by atoms with van der Waals surface area (Å²) in [7, 11) is 1.98. The maximum Gasteiger partial charge on any atom is 0.132 e. The van der Waals surface area contributed by atoms with Gasteiger partial charge in [0.25, 0.3) is 0 Å². The zero-order chi connectivity index (χ0) is 11.7. The molecule has 0 aliphatic rings. The molecule has 2 aromatic heterocycles. The van der Waals surface area contributed by atoms with Crippen molar-refractivity contribution >= 4 is 10.9 Å². The summed E-state index contributed by atoms with van der Waals surface area (Å²) >= 11 is 0. The van der Waals surface area contributed by atoms with Gasteiger partial charge in [0.15, 0.2) is 0 Å². The molecule has 0 bridgehead atoms. The second kappa shape index (κ2) is 4.05. The van der Waals surface area contributed by atoms with Crippen LogP contribution < -0.4 is 0 Å². The molecular formula is C13H14N4. The highest BCUT2D eigenvalue weighted by molar-refractivity contribution is 5.83. The van der Waals surface area contributed by atoms with Gasteiger partial charge in [-0.3, -0.25) is 0 Å². The van der Waals surface area contributed by atoms with Gasteiger partial charge >= 0.3 is 0 Å². The van der Waals surface area contributed by atoms with Gasteiger partial charge in [-0.2, -0.15) is 0 Å². The Morgan fingerprint density at radius 1 is 1.24 bits per heavy atom. The summed E-state index contributed by atoms with van der Waals surface area (Å²) in [6.45, 7) is 0. The highest BCUT2D eigenvalue weighted by atomic mass is 15.2. The van der Waals surface area contributed by atoms with Crippen molar-refractivity contribution in [2.45, 2.75) is 12.8 Å². The van der Waals surface area contributed by atoms with Crippen LogP contribution in [-0.4, -0.2) is 19.7 Å². The monoisotopic (exact) mass is 226 g/mol. The summed E-state index contributed by atoms with van der Waals surface area (Å²) in [5, 5.41) is 9.29. The van der Waals surface area contributed by atoms with Crippen molar-refractivity contribution in [1.82, 2.24) is 19.7 Å². The second-order valence-corrected chi connectivity index (χ2v) is 4.22. The van der Waals surface area contributed by atoms with Crippen LogP contribution in [0.2, 0.25) is 0 Å². The van der Waals surface area contributed by atoms with Gasteiger partial charge < -0.3 is 9.55 Å². The number of nitrogens with one attached hydrogen (secondary N) is 1. The first-order valence-electron chi connectivity index (χ1n) is 5.72. The fourth-order valence-corrected chi connectivity index (χ4v) is 2.12. The number of rotatable bonds is 3. The van der Waals surface area contributed by atoms with E-state index in [1.807, 2.05) is 17.7 Å². The zero-order valence-electron chi connectivity index (χ0n) is 9.72. The molecule has 4 heteroatoms. The van der Waals surface area contributed by atoms with Crippen LogP contribution in [0.3, 0.4) is 0 Å². The molecular weight excluding hydrogens is 212 g/mol. The molecule has 86 valence electrons. The van der Waals surface area contributed by atoms with Gasteiger partial charge in [-0.15, -0.1) is 10.2 Å². The molecule has 3 rings (SSSR count). The Morgan fingerprint density at radius 3 is 2.94 bits per heavy atom. The minimum absolute atomic E-state index is 0.915. The minimum atomic E-state index is 0.915. The maximum absolute atomic E-state index is 4.10. The van der Waals surface area contributed by atoms with Crippen molar-refractivity contribution in [2.75, 3.05) is 0 Å². The fourth-order valence-electron chi connectivity index (χ4n) is 2.12. The molecule has 0 saturated heterocycles. The lowest BCUT2D eigenvalue weighted by Crippen LogP contribution is -1.99. The molecule has 0 aliphatic carbocycles. The van der Waals surface area contributed by atoms with E-state index in [1.165, 1.54) is 16.5 Å². The Hall–Kier alpha value is -2.10. The van der Waals surface area contributed by atoms with Gasteiger partial charge in [0.1, 0.15) is 12.2 Å². The second-order valence-electron chi connectivity index (χ2n) is 4.22. The molecule has 0 amide bonds. The summed E-state index contributed by atoms with van der Waals surface area (Å²) in [5.74, 6) is 1.02. The van der Waals surface area contributed by atoms with Gasteiger partial charge in [-0.1, -0.05) is 18.2 Å². The van der Waals surface area contributed by atoms with Crippen LogP contribution in [0.25, 0.3) is 10.9 Å². The van der Waals surface area contributed by atoms with E-state index in [9.17, 15) is 0 Å². The molecule has 1 N–H and O–H groups in total. The van der Waals surface area contributed by atoms with Gasteiger partial charge in [-0.25, -0.2) is 0 Å². The van der Waals surface area contributed by atoms with Gasteiger partial charge in [0.05, 0.1) is 0 Å². The Kier molecular flexibility index (Phi) is 2.40. The van der Waals surface area contributed by atoms with Crippen LogP contribution in [0.15, 0.2) is 36.8 Å². The minimum Gasteiger partial charge on any atom is -0.361 e. The molecule has 0 radical (unpaired) electrons. The van der Waals surface area contributed by atoms with E-state index in [2.05, 4.69) is 39.6 Å². The average Bonchev–Trinajstić information content (AvgIpc) is 2.93. The van der Waals surface area contributed by atoms with Crippen molar-refractivity contribution in [3.05, 3.63) is 48.2 Å². The largest absolute Gasteiger partial charge is 0.361 e. The Balaban J connectivity index is 1.84. The van der Waals surface area contributed by atoms with Crippen LogP contribution in [0.4, 0.5) is 0 Å². The molecule has 4 nitrogen and oxygen atoms in total. The number of H-pyrrole nitrogens is 1. The van der Waals surface area contributed by atoms with E-state index in [0.717, 1.165) is 18.7 Å². The lowest BCUT2D eigenvalue weighted by Gasteiger charge is -1.99. The van der Waals surface area contributed by atoms with E-state index >= 15 is 0 Å². The van der Waals surface area contributed by atoms with E-state index in [1.54, 1.807) is 6.33 Å². The summed E-state index contributed by atoms with van der Waals surface area (Å²) in [6.07, 6.45) is 5.72. The van der Waals surface area contributed by atoms with E-state index in [-0.39, 0.29) is 0 Å². The molecule has 0 saturated carbocycles. The predicted octanol–water partition coefficient (Wildman–Crippen LogP) is 2.08. The number of hydrogen-bond acceptors (Lipinski definition) is 2. The average molecular weight is 226 g/mol. The number of hydrogen-bond donors (Lipinski definition) is 1. The van der Waals surface area contributed by atoms with Crippen molar-refractivity contribution in [3.8, 4) is 0 Å². The van der Waals surface area contributed by atoms with Crippen LogP contribution in [0, 0.1) is 0 Å². The Labute approximate surface area is 99.3 Å². The van der Waals surface area contributed by atoms with Crippen LogP contribution in [0.1, 0.15) is 11.4 Å². The molecule has 0 unspecified atom stereocenters. The Bertz CT molecular complexity index is 635. The fraction of sp³-hybridized carbons (Fsp3) is 0.231. The van der Waals surface area contributed by atoms with Crippen LogP contribution in [-0.2, 0) is 19.9 Å². The van der Waals surface area contributed by atoms with Gasteiger partial charge in [0.2, 0.25) is 0 Å². The molecule has 2 heterocycles. The van der Waals surface area contributed by atoms with Crippen molar-refractivity contribution in [2.24, 2.45) is 7.05 Å². The van der Waals surface area contributed by atoms with Gasteiger partial charge in [0, 0.05) is 30.6 Å². The van der Waals surface area contributed by atoms with Crippen molar-refractivity contribution < 1.29 is 0 Å². The van der Waals surface area contributed by atoms with E-state index < -0.39 is 0 Å². The molecule has 0 atom stereocenters. The zero-order valence-corrected chi connectivity index (χ0v) is 9.72. The summed E-state index contributed by atoms with van der Waals surface area (Å²) < 4.78 is 1.97. The normalized spacial score (nSPS) is 11.1. The number of aromatic amines is 1. The summed E-state index contributed by atoms with van der Waals surface area (Å²) in [4.78, 5) is 3.29. The van der Waals surface area contributed by atoms with Crippen molar-refractivity contribution in [3.63, 3.8) is 0 Å². The smallest absolute Gasteiger partial charge is 0.132 e. The highest BCUT2D eigenvalue weighted by Gasteiger charge is 2.05. The third kappa shape index (κ3) is 1.82. The first-order chi connectivity index (χ1) is 8.34. The van der Waals surface area contributed by atoms with Gasteiger partial charge in [-0.05, 0) is 18.1 Å². The topological polar surface area (TPSA) is 46.5 Å². The number of nitrogens with zero attached hydrogens (tertiary/aromatic N) is 3. The van der Waals surface area contributed by atoms with E-state index in [4.69, 9.17) is 0 Å². The Morgan fingerprint density at radius 2 is 2.12 bits per heavy atom. The maximum atomic E-state index is 4.10. The van der Waals surface area contributed by atoms with Crippen molar-refractivity contribution in [1.29, 1.82) is 0 Å². The number of para-hydroxylation sites is 1. The molecule has 0 fully saturated rings. The molecule has 1 aromatic carbocycles. The lowest BCUT2D eigenvalue weighted by molar-refractivity contribution is 0.771. The molecule has 3 aromatic rings. The van der Waals surface area contributed by atoms with Crippen LogP contribution in [0.5, 0.6) is 0 Å². The molecule has 0 aliphatic heterocycles. The summed E-state index contributed by atoms with van der Waals surface area (Å²) in [5.41, 5.74) is 2.53. The van der Waals surface area contributed by atoms with Crippen LogP contribution >= 0.6 is 0 Å². The molecule has 17 heavy (non-hydrogen) atoms. The lowest BCUT2D eigenvalue weighted by atomic mass is 10.1. The standard InChI is InChI=1S/C13H14N4/c1-17-9-15-16-13(17)7-6-10-8-14-12-5-3-2-4-11(10)12/h2-5,8-9,14H,6-7H2,1H3. The van der Waals surface area contributed by atoms with E-state index in [0.29, 0.717) is 0 Å². The highest BCUT2D eigenvalue weighted by Crippen LogP contribution is 2.18. The quantitative estimate of drug-likeness (QED) is 0.743. The number of fused-ring (bicyclic) bond motifs is 1. The summed E-state index contributed by atoms with van der Waals surface area (Å²) in [6, 6.07) is 8.37. The first-order valence-corrected chi connectivity index (χ1v) is 5.72. The number of aryl methyl sites for hydroxylation is 3. The third-order valence-electron chi connectivity index (χ3n) is 3.10.